The Balaban J connectivity index is 1.86. The summed E-state index contributed by atoms with van der Waals surface area (Å²) in [5.41, 5.74) is 7.87. The van der Waals surface area contributed by atoms with Gasteiger partial charge in [-0.05, 0) is 31.4 Å². The number of hydrogen-bond donors (Lipinski definition) is 2. The van der Waals surface area contributed by atoms with Crippen LogP contribution in [0.3, 0.4) is 0 Å². The van der Waals surface area contributed by atoms with E-state index in [2.05, 4.69) is 22.0 Å². The molecule has 4 aliphatic rings. The van der Waals surface area contributed by atoms with E-state index in [4.69, 9.17) is 15.2 Å². The molecule has 0 amide bonds. The van der Waals surface area contributed by atoms with Crippen LogP contribution in [-0.2, 0) is 20.8 Å². The fraction of sp³-hybridized carbons (Fsp3) is 0.588. The van der Waals surface area contributed by atoms with Crippen LogP contribution in [0.1, 0.15) is 31.4 Å². The lowest BCUT2D eigenvalue weighted by Crippen LogP contribution is -2.56. The molecule has 1 aromatic heterocycles. The molecule has 0 saturated heterocycles. The Morgan fingerprint density at radius 2 is 2.26 bits per heavy atom. The van der Waals surface area contributed by atoms with Gasteiger partial charge in [0, 0.05) is 47.4 Å². The summed E-state index contributed by atoms with van der Waals surface area (Å²) in [4.78, 5) is 17.5. The third kappa shape index (κ3) is 1.98. The van der Waals surface area contributed by atoms with E-state index in [1.807, 2.05) is 0 Å². The summed E-state index contributed by atoms with van der Waals surface area (Å²) in [5, 5.41) is 2.23. The van der Waals surface area contributed by atoms with Crippen molar-refractivity contribution >= 4 is 17.7 Å². The minimum Gasteiger partial charge on any atom is -0.468 e. The average molecular weight is 317 g/mol. The van der Waals surface area contributed by atoms with Crippen LogP contribution >= 0.6 is 0 Å². The van der Waals surface area contributed by atoms with Gasteiger partial charge in [0.2, 0.25) is 0 Å². The van der Waals surface area contributed by atoms with Crippen LogP contribution in [0.4, 0.5) is 0 Å². The molecule has 2 aliphatic heterocycles. The first kappa shape index (κ1) is 14.8. The van der Waals surface area contributed by atoms with Gasteiger partial charge in [-0.1, -0.05) is 0 Å². The molecule has 124 valence electrons. The molecule has 1 spiro atoms. The molecule has 3 N–H and O–H groups in total. The molecule has 1 saturated carbocycles. The van der Waals surface area contributed by atoms with Gasteiger partial charge in [0.25, 0.3) is 0 Å². The van der Waals surface area contributed by atoms with Gasteiger partial charge < -0.3 is 20.2 Å². The lowest BCUT2D eigenvalue weighted by molar-refractivity contribution is -0.182. The molecule has 0 aromatic carbocycles. The first-order valence-electron chi connectivity index (χ1n) is 8.10. The first-order valence-corrected chi connectivity index (χ1v) is 8.10. The van der Waals surface area contributed by atoms with Gasteiger partial charge in [0.1, 0.15) is 5.72 Å². The third-order valence-corrected chi connectivity index (χ3v) is 5.80. The third-order valence-electron chi connectivity index (χ3n) is 5.80. The molecule has 23 heavy (non-hydrogen) atoms. The molecular formula is C17H23N3O3. The maximum atomic E-state index is 11.9. The lowest BCUT2D eigenvalue weighted by Gasteiger charge is -2.50. The van der Waals surface area contributed by atoms with E-state index in [0.29, 0.717) is 6.54 Å². The summed E-state index contributed by atoms with van der Waals surface area (Å²) in [6.45, 7) is 0.831. The summed E-state index contributed by atoms with van der Waals surface area (Å²) < 4.78 is 10.9. The fourth-order valence-electron chi connectivity index (χ4n) is 4.62. The predicted octanol–water partition coefficient (Wildman–Crippen LogP) is -0.233. The number of carbonyl (C=O) groups excluding carboxylic acids is 1. The number of ether oxygens (including phenoxy) is 2. The number of aromatic nitrogens is 1. The molecule has 3 heterocycles. The molecule has 1 aromatic rings. The zero-order chi connectivity index (χ0) is 16.2. The molecule has 5 bridgehead atoms. The lowest BCUT2D eigenvalue weighted by atomic mass is 9.69. The van der Waals surface area contributed by atoms with Gasteiger partial charge in [-0.2, -0.15) is 0 Å². The molecular weight excluding hydrogens is 294 g/mol. The van der Waals surface area contributed by atoms with E-state index in [1.54, 1.807) is 7.11 Å². The van der Waals surface area contributed by atoms with Crippen molar-refractivity contribution in [2.45, 2.75) is 38.0 Å². The highest BCUT2D eigenvalue weighted by molar-refractivity contribution is 5.72. The van der Waals surface area contributed by atoms with Gasteiger partial charge >= 0.3 is 5.97 Å². The van der Waals surface area contributed by atoms with Crippen molar-refractivity contribution in [1.82, 2.24) is 9.88 Å². The SMILES string of the molecule is COC(=O)CN1Cc2cc3c([nH]2)=CC2(CCCC1(OC)C2)C=3N. The monoisotopic (exact) mass is 317 g/mol. The number of esters is 1. The second-order valence-electron chi connectivity index (χ2n) is 6.95. The number of hydrogen-bond acceptors (Lipinski definition) is 5. The van der Waals surface area contributed by atoms with E-state index in [0.717, 1.165) is 47.6 Å². The highest BCUT2D eigenvalue weighted by Gasteiger charge is 2.51. The Morgan fingerprint density at radius 1 is 1.43 bits per heavy atom. The molecule has 6 nitrogen and oxygen atoms in total. The standard InChI is InChI=1S/C17H23N3O3/c1-22-14(21)9-20-8-11-6-12-13(19-11)7-16(15(12)18)4-3-5-17(20,10-16)23-2/h6-7,19H,3-5,8-10,18H2,1-2H3. The number of H-pyrrole nitrogens is 1. The van der Waals surface area contributed by atoms with Gasteiger partial charge in [0.15, 0.2) is 0 Å². The molecule has 1 fully saturated rings. The molecule has 2 atom stereocenters. The first-order chi connectivity index (χ1) is 11.0. The summed E-state index contributed by atoms with van der Waals surface area (Å²) in [6.07, 6.45) is 5.97. The molecule has 0 radical (unpaired) electrons. The van der Waals surface area contributed by atoms with Crippen LogP contribution in [0.15, 0.2) is 6.07 Å². The topological polar surface area (TPSA) is 80.6 Å². The van der Waals surface area contributed by atoms with E-state index >= 15 is 0 Å². The zero-order valence-corrected chi connectivity index (χ0v) is 13.6. The fourth-order valence-corrected chi connectivity index (χ4v) is 4.62. The normalized spacial score (nSPS) is 32.2. The quantitative estimate of drug-likeness (QED) is 0.753. The second-order valence-corrected chi connectivity index (χ2v) is 6.95. The second kappa shape index (κ2) is 4.85. The van der Waals surface area contributed by atoms with Gasteiger partial charge in [-0.15, -0.1) is 0 Å². The minimum atomic E-state index is -0.496. The van der Waals surface area contributed by atoms with Crippen LogP contribution in [0.5, 0.6) is 0 Å². The highest BCUT2D eigenvalue weighted by Crippen LogP contribution is 2.50. The smallest absolute Gasteiger partial charge is 0.319 e. The predicted molar refractivity (Wildman–Crippen MR) is 85.2 cm³/mol. The number of aromatic amines is 1. The van der Waals surface area contributed by atoms with Crippen LogP contribution < -0.4 is 16.3 Å². The molecule has 2 aliphatic carbocycles. The van der Waals surface area contributed by atoms with E-state index < -0.39 is 5.72 Å². The number of nitrogens with two attached hydrogens (primary N) is 1. The van der Waals surface area contributed by atoms with Gasteiger partial charge in [0.05, 0.1) is 13.7 Å². The Labute approximate surface area is 134 Å². The average Bonchev–Trinajstić information content (AvgIpc) is 3.05. The maximum Gasteiger partial charge on any atom is 0.319 e. The van der Waals surface area contributed by atoms with Crippen molar-refractivity contribution < 1.29 is 14.3 Å². The Morgan fingerprint density at radius 3 is 2.96 bits per heavy atom. The van der Waals surface area contributed by atoms with Crippen molar-refractivity contribution in [2.75, 3.05) is 20.8 Å². The summed E-state index contributed by atoms with van der Waals surface area (Å²) >= 11 is 0. The Kier molecular flexibility index (Phi) is 3.12. The van der Waals surface area contributed by atoms with E-state index in [1.165, 1.54) is 7.11 Å². The van der Waals surface area contributed by atoms with Crippen molar-refractivity contribution in [3.05, 3.63) is 22.3 Å². The Bertz CT molecular complexity index is 783. The molecule has 2 unspecified atom stereocenters. The Hall–Kier alpha value is -1.79. The summed E-state index contributed by atoms with van der Waals surface area (Å²) in [7, 11) is 3.15. The van der Waals surface area contributed by atoms with Crippen LogP contribution in [-0.4, -0.2) is 42.3 Å². The number of rotatable bonds is 3. The highest BCUT2D eigenvalue weighted by atomic mass is 16.5. The van der Waals surface area contributed by atoms with Gasteiger partial charge in [-0.3, -0.25) is 9.69 Å². The van der Waals surface area contributed by atoms with Crippen LogP contribution in [0.25, 0.3) is 11.8 Å². The largest absolute Gasteiger partial charge is 0.468 e. The van der Waals surface area contributed by atoms with E-state index in [-0.39, 0.29) is 17.9 Å². The summed E-state index contributed by atoms with van der Waals surface area (Å²) in [6, 6.07) is 2.12. The number of methoxy groups -OCH3 is 2. The number of carbonyl (C=O) groups is 1. The zero-order valence-electron chi connectivity index (χ0n) is 13.6. The minimum absolute atomic E-state index is 0.174. The summed E-state index contributed by atoms with van der Waals surface area (Å²) in [5.74, 6) is -0.246. The van der Waals surface area contributed by atoms with Crippen LogP contribution in [0, 0.1) is 5.41 Å². The van der Waals surface area contributed by atoms with Gasteiger partial charge in [-0.25, -0.2) is 0 Å². The van der Waals surface area contributed by atoms with Crippen molar-refractivity contribution in [3.63, 3.8) is 0 Å². The number of nitrogens with one attached hydrogen (secondary N) is 1. The molecule has 6 heteroatoms. The number of fused-ring (bicyclic) bond motifs is 1. The number of nitrogens with zero attached hydrogens (tertiary/aromatic N) is 1. The van der Waals surface area contributed by atoms with Crippen molar-refractivity contribution in [1.29, 1.82) is 0 Å². The van der Waals surface area contributed by atoms with E-state index in [9.17, 15) is 4.79 Å². The molecule has 5 rings (SSSR count). The maximum absolute atomic E-state index is 11.9. The van der Waals surface area contributed by atoms with Crippen molar-refractivity contribution in [2.24, 2.45) is 11.1 Å². The van der Waals surface area contributed by atoms with Crippen LogP contribution in [0.2, 0.25) is 0 Å². The van der Waals surface area contributed by atoms with Crippen molar-refractivity contribution in [3.8, 4) is 0 Å².